The van der Waals surface area contributed by atoms with Crippen LogP contribution >= 0.6 is 22.7 Å². The third kappa shape index (κ3) is 7.49. The number of H-pyrrole nitrogens is 2. The predicted octanol–water partition coefficient (Wildman–Crippen LogP) is 7.48. The van der Waals surface area contributed by atoms with E-state index in [0.717, 1.165) is 54.3 Å². The number of benzene rings is 2. The van der Waals surface area contributed by atoms with Gasteiger partial charge >= 0.3 is 12.2 Å². The Labute approximate surface area is 336 Å². The fraction of sp³-hybridized carbons (Fsp3) is 0.317. The van der Waals surface area contributed by atoms with E-state index in [2.05, 4.69) is 44.9 Å². The molecule has 2 unspecified atom stereocenters. The number of aromatic nitrogens is 4. The number of likely N-dealkylation sites (tertiary alicyclic amines) is 1. The Morgan fingerprint density at radius 2 is 1.60 bits per heavy atom. The van der Waals surface area contributed by atoms with E-state index < -0.39 is 30.3 Å². The van der Waals surface area contributed by atoms with E-state index in [1.165, 1.54) is 14.2 Å². The number of imidazole rings is 2. The Morgan fingerprint density at radius 3 is 2.35 bits per heavy atom. The van der Waals surface area contributed by atoms with Gasteiger partial charge in [-0.05, 0) is 54.2 Å². The molecule has 294 valence electrons. The number of amides is 4. The van der Waals surface area contributed by atoms with E-state index in [-0.39, 0.29) is 23.8 Å². The Balaban J connectivity index is 0.981. The van der Waals surface area contributed by atoms with Crippen molar-refractivity contribution >= 4 is 67.1 Å². The topological polar surface area (TPSA) is 175 Å². The van der Waals surface area contributed by atoms with E-state index in [0.29, 0.717) is 30.3 Å². The molecule has 14 nitrogen and oxygen atoms in total. The summed E-state index contributed by atoms with van der Waals surface area (Å²) in [6, 6.07) is 17.4. The van der Waals surface area contributed by atoms with Crippen molar-refractivity contribution in [1.82, 2.24) is 40.4 Å². The maximum atomic E-state index is 13.9. The number of ether oxygens (including phenoxy) is 2. The smallest absolute Gasteiger partial charge is 0.407 e. The van der Waals surface area contributed by atoms with Gasteiger partial charge in [0.2, 0.25) is 5.91 Å². The molecule has 4 N–H and O–H groups in total. The Bertz CT molecular complexity index is 2450. The molecule has 0 radical (unpaired) electrons. The number of hydrogen-bond acceptors (Lipinski definition) is 10. The van der Waals surface area contributed by atoms with Crippen LogP contribution in [0, 0.1) is 5.92 Å². The lowest BCUT2D eigenvalue weighted by atomic mass is 10.0. The number of nitrogens with one attached hydrogen (secondary N) is 4. The Kier molecular flexibility index (Phi) is 10.5. The first-order chi connectivity index (χ1) is 27.6. The van der Waals surface area contributed by atoms with Crippen molar-refractivity contribution in [3.63, 3.8) is 0 Å². The summed E-state index contributed by atoms with van der Waals surface area (Å²) in [4.78, 5) is 73.9. The molecule has 2 aromatic carbocycles. The summed E-state index contributed by atoms with van der Waals surface area (Å²) in [7, 11) is 2.56. The highest BCUT2D eigenvalue weighted by Gasteiger charge is 2.38. The largest absolute Gasteiger partial charge is 0.453 e. The minimum Gasteiger partial charge on any atom is -0.453 e. The van der Waals surface area contributed by atoms with E-state index >= 15 is 0 Å². The van der Waals surface area contributed by atoms with Crippen LogP contribution in [0.2, 0.25) is 0 Å². The van der Waals surface area contributed by atoms with Crippen molar-refractivity contribution in [3.05, 3.63) is 96.2 Å². The standard InChI is InChI=1S/C41H42N8O6S2/c1-22(2)34(46-40(52)54-3)38(50)49-17-9-13-29(49)37-43-25-15-14-24(18-26(25)44-37)30-19-32-33(56-30)20-31(57-32)27-21-42-36(45-27)28-12-8-16-48(28)39(51)35(47-41(53)55-4)23-10-6-5-7-11-23/h5-7,9-11,13-15,18-22,28-29,34-35H,8,12,16-17H2,1-4H3,(H,42,45)(H,43,44)(H,46,52)(H,47,53)/t28?,29?,34-,35+/m0/s1. The second-order valence-electron chi connectivity index (χ2n) is 14.4. The maximum absolute atomic E-state index is 13.9. The van der Waals surface area contributed by atoms with Gasteiger partial charge in [-0.3, -0.25) is 9.59 Å². The van der Waals surface area contributed by atoms with Gasteiger partial charge in [0.25, 0.3) is 5.91 Å². The van der Waals surface area contributed by atoms with Crippen molar-refractivity contribution in [2.45, 2.75) is 50.9 Å². The predicted molar refractivity (Wildman–Crippen MR) is 219 cm³/mol. The first-order valence-electron chi connectivity index (χ1n) is 18.7. The van der Waals surface area contributed by atoms with E-state index in [9.17, 15) is 19.2 Å². The fourth-order valence-corrected chi connectivity index (χ4v) is 9.88. The van der Waals surface area contributed by atoms with E-state index in [1.807, 2.05) is 68.6 Å². The normalized spacial score (nSPS) is 17.7. The molecular formula is C41H42N8O6S2. The molecule has 1 fully saturated rings. The van der Waals surface area contributed by atoms with E-state index in [1.54, 1.807) is 32.5 Å². The summed E-state index contributed by atoms with van der Waals surface area (Å²) in [5.74, 6) is 0.817. The lowest BCUT2D eigenvalue weighted by Crippen LogP contribution is -2.51. The summed E-state index contributed by atoms with van der Waals surface area (Å²) in [5, 5.41) is 5.40. The molecule has 0 saturated carbocycles. The van der Waals surface area contributed by atoms with Gasteiger partial charge in [-0.15, -0.1) is 22.7 Å². The molecule has 8 rings (SSSR count). The molecule has 6 heterocycles. The van der Waals surface area contributed by atoms with Gasteiger partial charge in [0, 0.05) is 27.4 Å². The number of nitrogens with zero attached hydrogens (tertiary/aromatic N) is 4. The zero-order chi connectivity index (χ0) is 39.8. The van der Waals surface area contributed by atoms with Crippen molar-refractivity contribution in [2.75, 3.05) is 27.3 Å². The number of fused-ring (bicyclic) bond motifs is 2. The third-order valence-corrected chi connectivity index (χ3v) is 12.8. The number of methoxy groups -OCH3 is 2. The monoisotopic (exact) mass is 806 g/mol. The summed E-state index contributed by atoms with van der Waals surface area (Å²) in [5.41, 5.74) is 4.27. The minimum absolute atomic E-state index is 0.137. The zero-order valence-corrected chi connectivity index (χ0v) is 33.4. The van der Waals surface area contributed by atoms with Gasteiger partial charge < -0.3 is 39.9 Å². The molecule has 1 saturated heterocycles. The van der Waals surface area contributed by atoms with Gasteiger partial charge in [0.15, 0.2) is 0 Å². The van der Waals surface area contributed by atoms with Crippen LogP contribution < -0.4 is 10.6 Å². The molecule has 0 aliphatic carbocycles. The van der Waals surface area contributed by atoms with Gasteiger partial charge in [-0.1, -0.05) is 62.4 Å². The first kappa shape index (κ1) is 37.9. The number of aromatic amines is 2. The number of alkyl carbamates (subject to hydrolysis) is 2. The Hall–Kier alpha value is -6.00. The summed E-state index contributed by atoms with van der Waals surface area (Å²) in [6.45, 7) is 4.74. The number of rotatable bonds is 10. The lowest BCUT2D eigenvalue weighted by molar-refractivity contribution is -0.135. The van der Waals surface area contributed by atoms with Crippen LogP contribution in [0.25, 0.3) is 41.4 Å². The fourth-order valence-electron chi connectivity index (χ4n) is 7.52. The second kappa shape index (κ2) is 15.9. The van der Waals surface area contributed by atoms with Gasteiger partial charge in [-0.2, -0.15) is 0 Å². The quantitative estimate of drug-likeness (QED) is 0.103. The number of thiophene rings is 2. The minimum atomic E-state index is -0.880. The molecule has 4 amide bonds. The van der Waals surface area contributed by atoms with Crippen molar-refractivity contribution in [3.8, 4) is 21.0 Å². The number of carbonyl (C=O) groups is 4. The van der Waals surface area contributed by atoms with Crippen LogP contribution in [0.15, 0.2) is 79.0 Å². The highest BCUT2D eigenvalue weighted by Crippen LogP contribution is 2.43. The molecule has 2 aliphatic heterocycles. The van der Waals surface area contributed by atoms with Crippen molar-refractivity contribution in [2.24, 2.45) is 5.92 Å². The molecule has 4 aromatic heterocycles. The van der Waals surface area contributed by atoms with Crippen LogP contribution in [0.3, 0.4) is 0 Å². The molecule has 57 heavy (non-hydrogen) atoms. The number of carbonyl (C=O) groups excluding carboxylic acids is 4. The zero-order valence-electron chi connectivity index (χ0n) is 31.8. The summed E-state index contributed by atoms with van der Waals surface area (Å²) >= 11 is 3.38. The van der Waals surface area contributed by atoms with Gasteiger partial charge in [-0.25, -0.2) is 19.6 Å². The molecule has 0 spiro atoms. The SMILES string of the molecule is COC(=O)N[C@H](C(=O)N1CC=CC1c1nc2ccc(-c3cc4sc(-c5cnc(C6CCCN6C(=O)[C@H](NC(=O)OC)c6ccccc6)[nH]5)cc4s3)cc2[nH]1)C(C)C. The lowest BCUT2D eigenvalue weighted by Gasteiger charge is -2.29. The highest BCUT2D eigenvalue weighted by molar-refractivity contribution is 7.31. The van der Waals surface area contributed by atoms with Crippen molar-refractivity contribution < 1.29 is 28.7 Å². The first-order valence-corrected chi connectivity index (χ1v) is 20.3. The van der Waals surface area contributed by atoms with Gasteiger partial charge in [0.1, 0.15) is 29.8 Å². The molecular weight excluding hydrogens is 765 g/mol. The average Bonchev–Trinajstić information content (AvgIpc) is 4.07. The summed E-state index contributed by atoms with van der Waals surface area (Å²) < 4.78 is 11.9. The second-order valence-corrected chi connectivity index (χ2v) is 16.5. The maximum Gasteiger partial charge on any atom is 0.407 e. The Morgan fingerprint density at radius 1 is 0.860 bits per heavy atom. The summed E-state index contributed by atoms with van der Waals surface area (Å²) in [6.07, 6.45) is 5.97. The van der Waals surface area contributed by atoms with Gasteiger partial charge in [0.05, 0.1) is 48.1 Å². The van der Waals surface area contributed by atoms with Crippen LogP contribution in [0.4, 0.5) is 9.59 Å². The molecule has 4 atom stereocenters. The molecule has 0 bridgehead atoms. The van der Waals surface area contributed by atoms with Crippen molar-refractivity contribution in [1.29, 1.82) is 0 Å². The van der Waals surface area contributed by atoms with Crippen LogP contribution in [0.1, 0.15) is 62.0 Å². The van der Waals surface area contributed by atoms with Crippen LogP contribution in [0.5, 0.6) is 0 Å². The van der Waals surface area contributed by atoms with Crippen LogP contribution in [-0.2, 0) is 19.1 Å². The average molecular weight is 807 g/mol. The molecule has 6 aromatic rings. The molecule has 16 heteroatoms. The van der Waals surface area contributed by atoms with E-state index in [4.69, 9.17) is 19.4 Å². The highest BCUT2D eigenvalue weighted by atomic mass is 32.1. The van der Waals surface area contributed by atoms with Crippen LogP contribution in [-0.4, -0.2) is 87.1 Å². The third-order valence-electron chi connectivity index (χ3n) is 10.4. The number of hydrogen-bond donors (Lipinski definition) is 4. The molecule has 2 aliphatic rings.